The van der Waals surface area contributed by atoms with Crippen LogP contribution in [0.15, 0.2) is 36.4 Å². The molecule has 0 radical (unpaired) electrons. The zero-order chi connectivity index (χ0) is 13.4. The van der Waals surface area contributed by atoms with E-state index in [2.05, 4.69) is 23.0 Å². The Balaban J connectivity index is 2.19. The van der Waals surface area contributed by atoms with E-state index in [0.29, 0.717) is 0 Å². The first-order valence-electron chi connectivity index (χ1n) is 5.87. The highest BCUT2D eigenvalue weighted by molar-refractivity contribution is 7.18. The van der Waals surface area contributed by atoms with Crippen LogP contribution < -0.4 is 4.90 Å². The van der Waals surface area contributed by atoms with Crippen LogP contribution in [0.4, 0.5) is 11.5 Å². The number of halogens is 1. The molecule has 3 rings (SSSR count). The van der Waals surface area contributed by atoms with Crippen LogP contribution in [0, 0.1) is 6.92 Å². The minimum absolute atomic E-state index is 0.284. The normalized spacial score (nSPS) is 10.9. The number of anilines is 2. The SMILES string of the molecule is Cc1cc2c(N(C)c3ccccc3)nc(Cl)nc2s1. The predicted octanol–water partition coefficient (Wildman–Crippen LogP) is 4.42. The van der Waals surface area contributed by atoms with Gasteiger partial charge in [0.15, 0.2) is 0 Å². The van der Waals surface area contributed by atoms with Crippen molar-refractivity contribution in [2.75, 3.05) is 11.9 Å². The maximum absolute atomic E-state index is 6.02. The summed E-state index contributed by atoms with van der Waals surface area (Å²) < 4.78 is 0. The van der Waals surface area contributed by atoms with Crippen molar-refractivity contribution in [2.24, 2.45) is 0 Å². The fourth-order valence-electron chi connectivity index (χ4n) is 2.03. The first-order chi connectivity index (χ1) is 9.15. The van der Waals surface area contributed by atoms with Crippen molar-refractivity contribution >= 4 is 44.7 Å². The Bertz CT molecular complexity index is 724. The number of nitrogens with zero attached hydrogens (tertiary/aromatic N) is 3. The summed E-state index contributed by atoms with van der Waals surface area (Å²) in [6.07, 6.45) is 0. The lowest BCUT2D eigenvalue weighted by molar-refractivity contribution is 1.12. The number of rotatable bonds is 2. The van der Waals surface area contributed by atoms with Gasteiger partial charge >= 0.3 is 0 Å². The zero-order valence-corrected chi connectivity index (χ0v) is 12.2. The first-order valence-corrected chi connectivity index (χ1v) is 7.07. The van der Waals surface area contributed by atoms with Gasteiger partial charge in [-0.15, -0.1) is 11.3 Å². The quantitative estimate of drug-likeness (QED) is 0.654. The van der Waals surface area contributed by atoms with Crippen molar-refractivity contribution in [1.29, 1.82) is 0 Å². The number of aryl methyl sites for hydroxylation is 1. The fourth-order valence-corrected chi connectivity index (χ4v) is 3.12. The molecule has 0 saturated heterocycles. The molecule has 0 unspecified atom stereocenters. The number of benzene rings is 1. The van der Waals surface area contributed by atoms with Gasteiger partial charge in [-0.1, -0.05) is 18.2 Å². The van der Waals surface area contributed by atoms with Crippen LogP contribution in [0.2, 0.25) is 5.28 Å². The summed E-state index contributed by atoms with van der Waals surface area (Å²) in [5.74, 6) is 0.838. The molecule has 19 heavy (non-hydrogen) atoms. The summed E-state index contributed by atoms with van der Waals surface area (Å²) in [5.41, 5.74) is 1.07. The second-order valence-electron chi connectivity index (χ2n) is 4.29. The van der Waals surface area contributed by atoms with Gasteiger partial charge in [-0.05, 0) is 36.7 Å². The van der Waals surface area contributed by atoms with Gasteiger partial charge in [0.05, 0.1) is 5.39 Å². The van der Waals surface area contributed by atoms with Gasteiger partial charge in [-0.25, -0.2) is 4.98 Å². The third-order valence-corrected chi connectivity index (χ3v) is 4.04. The minimum Gasteiger partial charge on any atom is -0.329 e. The summed E-state index contributed by atoms with van der Waals surface area (Å²) in [4.78, 5) is 12.8. The molecule has 2 aromatic heterocycles. The van der Waals surface area contributed by atoms with Crippen LogP contribution in [0.5, 0.6) is 0 Å². The first kappa shape index (κ1) is 12.4. The van der Waals surface area contributed by atoms with Crippen molar-refractivity contribution in [3.05, 3.63) is 46.6 Å². The highest BCUT2D eigenvalue weighted by atomic mass is 35.5. The molecular formula is C14H12ClN3S. The van der Waals surface area contributed by atoms with Gasteiger partial charge in [0, 0.05) is 17.6 Å². The summed E-state index contributed by atoms with van der Waals surface area (Å²) in [6.45, 7) is 2.06. The number of para-hydroxylation sites is 1. The monoisotopic (exact) mass is 289 g/mol. The Morgan fingerprint density at radius 3 is 2.63 bits per heavy atom. The molecule has 5 heteroatoms. The van der Waals surface area contributed by atoms with Gasteiger partial charge in [0.25, 0.3) is 0 Å². The van der Waals surface area contributed by atoms with Crippen LogP contribution in [0.1, 0.15) is 4.88 Å². The number of fused-ring (bicyclic) bond motifs is 1. The number of hydrogen-bond donors (Lipinski definition) is 0. The van der Waals surface area contributed by atoms with E-state index in [4.69, 9.17) is 11.6 Å². The van der Waals surface area contributed by atoms with E-state index in [9.17, 15) is 0 Å². The lowest BCUT2D eigenvalue weighted by Gasteiger charge is -2.19. The molecule has 96 valence electrons. The summed E-state index contributed by atoms with van der Waals surface area (Å²) >= 11 is 7.65. The fraction of sp³-hybridized carbons (Fsp3) is 0.143. The number of thiophene rings is 1. The maximum Gasteiger partial charge on any atom is 0.225 e. The van der Waals surface area contributed by atoms with Gasteiger partial charge in [0.2, 0.25) is 5.28 Å². The average molecular weight is 290 g/mol. The standard InChI is InChI=1S/C14H12ClN3S/c1-9-8-11-12(16-14(15)17-13(11)19-9)18(2)10-6-4-3-5-7-10/h3-8H,1-2H3. The largest absolute Gasteiger partial charge is 0.329 e. The summed E-state index contributed by atoms with van der Waals surface area (Å²) in [7, 11) is 1.99. The molecule has 0 N–H and O–H groups in total. The molecule has 0 aliphatic heterocycles. The van der Waals surface area contributed by atoms with Crippen LogP contribution in [-0.2, 0) is 0 Å². The Kier molecular flexibility index (Phi) is 3.12. The van der Waals surface area contributed by atoms with Gasteiger partial charge in [-0.3, -0.25) is 0 Å². The third kappa shape index (κ3) is 2.29. The van der Waals surface area contributed by atoms with Crippen LogP contribution in [0.3, 0.4) is 0 Å². The van der Waals surface area contributed by atoms with Crippen molar-refractivity contribution in [1.82, 2.24) is 9.97 Å². The molecular weight excluding hydrogens is 278 g/mol. The second-order valence-corrected chi connectivity index (χ2v) is 5.86. The van der Waals surface area contributed by atoms with Crippen LogP contribution in [0.25, 0.3) is 10.2 Å². The van der Waals surface area contributed by atoms with E-state index in [1.807, 2.05) is 42.3 Å². The molecule has 0 bridgehead atoms. The third-order valence-electron chi connectivity index (χ3n) is 2.93. The molecule has 3 nitrogen and oxygen atoms in total. The highest BCUT2D eigenvalue weighted by Crippen LogP contribution is 2.33. The molecule has 0 saturated carbocycles. The molecule has 0 fully saturated rings. The molecule has 1 aromatic carbocycles. The average Bonchev–Trinajstić information content (AvgIpc) is 2.78. The number of hydrogen-bond acceptors (Lipinski definition) is 4. The van der Waals surface area contributed by atoms with E-state index in [0.717, 1.165) is 21.7 Å². The Morgan fingerprint density at radius 1 is 1.16 bits per heavy atom. The smallest absolute Gasteiger partial charge is 0.225 e. The second kappa shape index (κ2) is 4.79. The number of aromatic nitrogens is 2. The van der Waals surface area contributed by atoms with Crippen molar-refractivity contribution in [3.8, 4) is 0 Å². The highest BCUT2D eigenvalue weighted by Gasteiger charge is 2.14. The minimum atomic E-state index is 0.284. The van der Waals surface area contributed by atoms with Gasteiger partial charge < -0.3 is 4.90 Å². The molecule has 3 aromatic rings. The van der Waals surface area contributed by atoms with E-state index in [-0.39, 0.29) is 5.28 Å². The van der Waals surface area contributed by atoms with Gasteiger partial charge in [-0.2, -0.15) is 4.98 Å². The molecule has 0 spiro atoms. The Morgan fingerprint density at radius 2 is 1.89 bits per heavy atom. The van der Waals surface area contributed by atoms with Crippen molar-refractivity contribution in [3.63, 3.8) is 0 Å². The molecule has 0 amide bonds. The van der Waals surface area contributed by atoms with E-state index < -0.39 is 0 Å². The summed E-state index contributed by atoms with van der Waals surface area (Å²) in [6, 6.07) is 12.2. The summed E-state index contributed by atoms with van der Waals surface area (Å²) in [5, 5.41) is 1.32. The lowest BCUT2D eigenvalue weighted by Crippen LogP contribution is -2.11. The molecule has 0 aliphatic carbocycles. The predicted molar refractivity (Wildman–Crippen MR) is 81.7 cm³/mol. The van der Waals surface area contributed by atoms with Crippen LogP contribution >= 0.6 is 22.9 Å². The molecule has 2 heterocycles. The van der Waals surface area contributed by atoms with Crippen LogP contribution in [-0.4, -0.2) is 17.0 Å². The van der Waals surface area contributed by atoms with Gasteiger partial charge in [0.1, 0.15) is 10.6 Å². The molecule has 0 atom stereocenters. The zero-order valence-electron chi connectivity index (χ0n) is 10.6. The topological polar surface area (TPSA) is 29.0 Å². The van der Waals surface area contributed by atoms with Crippen molar-refractivity contribution in [2.45, 2.75) is 6.92 Å². The molecule has 0 aliphatic rings. The van der Waals surface area contributed by atoms with E-state index in [1.54, 1.807) is 11.3 Å². The Labute approximate surface area is 120 Å². The Hall–Kier alpha value is -1.65. The van der Waals surface area contributed by atoms with E-state index in [1.165, 1.54) is 4.88 Å². The van der Waals surface area contributed by atoms with Crippen molar-refractivity contribution < 1.29 is 0 Å². The van der Waals surface area contributed by atoms with E-state index >= 15 is 0 Å². The maximum atomic E-state index is 6.02. The lowest BCUT2D eigenvalue weighted by atomic mass is 10.2.